The summed E-state index contributed by atoms with van der Waals surface area (Å²) in [6.07, 6.45) is 2.57. The van der Waals surface area contributed by atoms with Gasteiger partial charge in [0.1, 0.15) is 5.75 Å². The summed E-state index contributed by atoms with van der Waals surface area (Å²) in [4.78, 5) is 0. The highest BCUT2D eigenvalue weighted by molar-refractivity contribution is 9.10. The SMILES string of the molecule is Cc1cc(OCC2(CBr)CC2)cc(C)c1Br. The lowest BCUT2D eigenvalue weighted by molar-refractivity contribution is 0.251. The van der Waals surface area contributed by atoms with Crippen LogP contribution in [0, 0.1) is 19.3 Å². The van der Waals surface area contributed by atoms with Gasteiger partial charge >= 0.3 is 0 Å². The molecule has 1 aliphatic carbocycles. The minimum atomic E-state index is 0.412. The third-order valence-corrected chi connectivity index (χ3v) is 5.64. The Morgan fingerprint density at radius 2 is 1.81 bits per heavy atom. The zero-order valence-corrected chi connectivity index (χ0v) is 12.8. The van der Waals surface area contributed by atoms with Crippen LogP contribution in [0.5, 0.6) is 5.75 Å². The molecule has 0 aromatic heterocycles. The summed E-state index contributed by atoms with van der Waals surface area (Å²) in [6.45, 7) is 5.03. The maximum atomic E-state index is 5.89. The number of rotatable bonds is 4. The normalized spacial score (nSPS) is 17.2. The second-order valence-corrected chi connectivity index (χ2v) is 6.15. The fourth-order valence-corrected chi connectivity index (χ4v) is 2.67. The van der Waals surface area contributed by atoms with Crippen molar-refractivity contribution in [2.75, 3.05) is 11.9 Å². The van der Waals surface area contributed by atoms with E-state index in [1.165, 1.54) is 28.4 Å². The molecule has 1 aromatic rings. The monoisotopic (exact) mass is 346 g/mol. The van der Waals surface area contributed by atoms with Gasteiger partial charge in [-0.05, 0) is 49.9 Å². The second-order valence-electron chi connectivity index (χ2n) is 4.79. The van der Waals surface area contributed by atoms with E-state index < -0.39 is 0 Å². The van der Waals surface area contributed by atoms with E-state index in [4.69, 9.17) is 4.74 Å². The zero-order chi connectivity index (χ0) is 11.8. The van der Waals surface area contributed by atoms with Gasteiger partial charge < -0.3 is 4.74 Å². The molecule has 2 rings (SSSR count). The van der Waals surface area contributed by atoms with Crippen molar-refractivity contribution in [3.63, 3.8) is 0 Å². The summed E-state index contributed by atoms with van der Waals surface area (Å²) < 4.78 is 7.07. The van der Waals surface area contributed by atoms with Crippen LogP contribution in [0.4, 0.5) is 0 Å². The molecule has 16 heavy (non-hydrogen) atoms. The lowest BCUT2D eigenvalue weighted by Gasteiger charge is -2.14. The van der Waals surface area contributed by atoms with Crippen molar-refractivity contribution in [2.45, 2.75) is 26.7 Å². The van der Waals surface area contributed by atoms with Crippen LogP contribution < -0.4 is 4.74 Å². The Morgan fingerprint density at radius 3 is 2.25 bits per heavy atom. The Morgan fingerprint density at radius 1 is 1.25 bits per heavy atom. The van der Waals surface area contributed by atoms with Crippen molar-refractivity contribution >= 4 is 31.9 Å². The first kappa shape index (κ1) is 12.4. The molecule has 0 bridgehead atoms. The van der Waals surface area contributed by atoms with Gasteiger partial charge in [0.05, 0.1) is 6.61 Å². The number of hydrogen-bond acceptors (Lipinski definition) is 1. The van der Waals surface area contributed by atoms with Crippen LogP contribution in [0.3, 0.4) is 0 Å². The van der Waals surface area contributed by atoms with Crippen molar-refractivity contribution in [3.8, 4) is 5.75 Å². The van der Waals surface area contributed by atoms with Crippen molar-refractivity contribution in [1.82, 2.24) is 0 Å². The van der Waals surface area contributed by atoms with Crippen LogP contribution in [-0.4, -0.2) is 11.9 Å². The van der Waals surface area contributed by atoms with Gasteiger partial charge in [-0.15, -0.1) is 0 Å². The summed E-state index contributed by atoms with van der Waals surface area (Å²) >= 11 is 7.13. The highest BCUT2D eigenvalue weighted by atomic mass is 79.9. The highest BCUT2D eigenvalue weighted by Crippen LogP contribution is 2.47. The molecule has 1 nitrogen and oxygen atoms in total. The lowest BCUT2D eigenvalue weighted by Crippen LogP contribution is -2.14. The molecule has 1 saturated carbocycles. The fourth-order valence-electron chi connectivity index (χ4n) is 1.72. The first-order valence-electron chi connectivity index (χ1n) is 5.52. The van der Waals surface area contributed by atoms with Gasteiger partial charge in [0.15, 0.2) is 0 Å². The summed E-state index contributed by atoms with van der Waals surface area (Å²) in [6, 6.07) is 4.20. The van der Waals surface area contributed by atoms with E-state index in [0.29, 0.717) is 5.41 Å². The Labute approximate surface area is 114 Å². The average molecular weight is 348 g/mol. The number of benzene rings is 1. The molecular formula is C13H16Br2O. The molecule has 0 aliphatic heterocycles. The molecule has 0 N–H and O–H groups in total. The zero-order valence-electron chi connectivity index (χ0n) is 9.65. The van der Waals surface area contributed by atoms with Crippen LogP contribution >= 0.6 is 31.9 Å². The van der Waals surface area contributed by atoms with Gasteiger partial charge in [0.25, 0.3) is 0 Å². The fraction of sp³-hybridized carbons (Fsp3) is 0.538. The number of hydrogen-bond donors (Lipinski definition) is 0. The van der Waals surface area contributed by atoms with E-state index in [1.54, 1.807) is 0 Å². The predicted octanol–water partition coefficient (Wildman–Crippen LogP) is 4.62. The minimum absolute atomic E-state index is 0.412. The molecule has 88 valence electrons. The van der Waals surface area contributed by atoms with E-state index in [9.17, 15) is 0 Å². The largest absolute Gasteiger partial charge is 0.493 e. The van der Waals surface area contributed by atoms with Crippen LogP contribution in [0.25, 0.3) is 0 Å². The number of ether oxygens (including phenoxy) is 1. The van der Waals surface area contributed by atoms with Gasteiger partial charge in [-0.1, -0.05) is 31.9 Å². The van der Waals surface area contributed by atoms with Gasteiger partial charge in [-0.25, -0.2) is 0 Å². The molecule has 3 heteroatoms. The van der Waals surface area contributed by atoms with Crippen LogP contribution in [0.1, 0.15) is 24.0 Å². The molecular weight excluding hydrogens is 332 g/mol. The Kier molecular flexibility index (Phi) is 3.65. The summed E-state index contributed by atoms with van der Waals surface area (Å²) in [5.41, 5.74) is 2.88. The molecule has 0 heterocycles. The topological polar surface area (TPSA) is 9.23 Å². The molecule has 0 atom stereocenters. The van der Waals surface area contributed by atoms with Crippen molar-refractivity contribution in [3.05, 3.63) is 27.7 Å². The van der Waals surface area contributed by atoms with Crippen LogP contribution in [0.15, 0.2) is 16.6 Å². The molecule has 0 radical (unpaired) electrons. The Hall–Kier alpha value is -0.0200. The van der Waals surface area contributed by atoms with Crippen LogP contribution in [-0.2, 0) is 0 Å². The first-order chi connectivity index (χ1) is 7.56. The number of aryl methyl sites for hydroxylation is 2. The van der Waals surface area contributed by atoms with E-state index in [-0.39, 0.29) is 0 Å². The van der Waals surface area contributed by atoms with Gasteiger partial charge in [-0.3, -0.25) is 0 Å². The average Bonchev–Trinajstić information content (AvgIpc) is 3.03. The highest BCUT2D eigenvalue weighted by Gasteiger charge is 2.42. The van der Waals surface area contributed by atoms with E-state index in [1.807, 2.05) is 0 Å². The van der Waals surface area contributed by atoms with Gasteiger partial charge in [0.2, 0.25) is 0 Å². The number of alkyl halides is 1. The van der Waals surface area contributed by atoms with Crippen molar-refractivity contribution < 1.29 is 4.74 Å². The lowest BCUT2D eigenvalue weighted by atomic mass is 10.1. The summed E-state index contributed by atoms with van der Waals surface area (Å²) in [5, 5.41) is 1.05. The van der Waals surface area contributed by atoms with Crippen molar-refractivity contribution in [2.24, 2.45) is 5.41 Å². The maximum Gasteiger partial charge on any atom is 0.119 e. The molecule has 1 fully saturated rings. The van der Waals surface area contributed by atoms with E-state index in [0.717, 1.165) is 17.7 Å². The van der Waals surface area contributed by atoms with E-state index in [2.05, 4.69) is 57.8 Å². The van der Waals surface area contributed by atoms with Gasteiger partial charge in [0, 0.05) is 15.2 Å². The molecule has 1 aliphatic rings. The van der Waals surface area contributed by atoms with Crippen molar-refractivity contribution in [1.29, 1.82) is 0 Å². The molecule has 0 spiro atoms. The third-order valence-electron chi connectivity index (χ3n) is 3.20. The first-order valence-corrected chi connectivity index (χ1v) is 7.43. The smallest absolute Gasteiger partial charge is 0.119 e. The molecule has 0 unspecified atom stereocenters. The summed E-state index contributed by atoms with van der Waals surface area (Å²) in [5.74, 6) is 0.991. The minimum Gasteiger partial charge on any atom is -0.493 e. The molecule has 0 amide bonds. The quantitative estimate of drug-likeness (QED) is 0.722. The van der Waals surface area contributed by atoms with Crippen LogP contribution in [0.2, 0.25) is 0 Å². The maximum absolute atomic E-state index is 5.89. The molecule has 1 aromatic carbocycles. The number of halogens is 2. The molecule has 0 saturated heterocycles. The second kappa shape index (κ2) is 4.69. The van der Waals surface area contributed by atoms with Gasteiger partial charge in [-0.2, -0.15) is 0 Å². The third kappa shape index (κ3) is 2.62. The Bertz CT molecular complexity index is 374. The summed E-state index contributed by atoms with van der Waals surface area (Å²) in [7, 11) is 0. The van der Waals surface area contributed by atoms with E-state index >= 15 is 0 Å². The predicted molar refractivity (Wildman–Crippen MR) is 74.6 cm³/mol. The standard InChI is InChI=1S/C13H16Br2O/c1-9-5-11(6-10(2)12(9)15)16-8-13(7-14)3-4-13/h5-6H,3-4,7-8H2,1-2H3. The Balaban J connectivity index is 2.05.